The van der Waals surface area contributed by atoms with Gasteiger partial charge in [0.1, 0.15) is 17.7 Å². The SMILES string of the molecule is O=C(NCc1cc(-c2cnc(C(F)(F)F)nc2)nc(C2CC2)n1)[C@@H]1C2CC(C2)N1S(=O)(=O)c1ccc(F)cc1. The number of aromatic nitrogens is 4. The van der Waals surface area contributed by atoms with Crippen LogP contribution in [0.15, 0.2) is 47.6 Å². The number of fused-ring (bicyclic) bond motifs is 1. The lowest BCUT2D eigenvalue weighted by atomic mass is 9.83. The Kier molecular flexibility index (Phi) is 6.14. The van der Waals surface area contributed by atoms with Crippen LogP contribution in [0.25, 0.3) is 11.3 Å². The third-order valence-corrected chi connectivity index (χ3v) is 9.22. The number of carbonyl (C=O) groups excluding carboxylic acids is 1. The van der Waals surface area contributed by atoms with E-state index in [1.165, 1.54) is 16.4 Å². The van der Waals surface area contributed by atoms with Crippen LogP contribution in [0.2, 0.25) is 0 Å². The number of nitrogens with one attached hydrogen (secondary N) is 1. The molecule has 0 radical (unpaired) electrons. The molecule has 1 N–H and O–H groups in total. The number of hydrogen-bond donors (Lipinski definition) is 1. The third kappa shape index (κ3) is 4.86. The molecule has 7 rings (SSSR count). The van der Waals surface area contributed by atoms with Crippen molar-refractivity contribution in [1.29, 1.82) is 0 Å². The smallest absolute Gasteiger partial charge is 0.349 e. The molecule has 4 heterocycles. The number of benzene rings is 1. The van der Waals surface area contributed by atoms with E-state index in [2.05, 4.69) is 25.3 Å². The molecule has 9 nitrogen and oxygen atoms in total. The monoisotopic (exact) mass is 562 g/mol. The summed E-state index contributed by atoms with van der Waals surface area (Å²) in [6, 6.07) is 4.83. The maximum Gasteiger partial charge on any atom is 0.451 e. The van der Waals surface area contributed by atoms with Crippen molar-refractivity contribution in [3.8, 4) is 11.3 Å². The maximum atomic E-state index is 13.4. The fourth-order valence-corrected chi connectivity index (χ4v) is 6.96. The van der Waals surface area contributed by atoms with Gasteiger partial charge in [-0.3, -0.25) is 4.79 Å². The second kappa shape index (κ2) is 9.30. The first-order valence-corrected chi connectivity index (χ1v) is 13.8. The van der Waals surface area contributed by atoms with Gasteiger partial charge in [-0.25, -0.2) is 32.7 Å². The molecular formula is C25H22F4N6O3S. The molecule has 0 unspecified atom stereocenters. The lowest BCUT2D eigenvalue weighted by molar-refractivity contribution is -0.145. The minimum absolute atomic E-state index is 0.0338. The molecule has 4 aliphatic rings. The Morgan fingerprint density at radius 3 is 2.33 bits per heavy atom. The van der Waals surface area contributed by atoms with Crippen LogP contribution in [0.3, 0.4) is 0 Å². The Bertz CT molecular complexity index is 1520. The molecule has 3 aromatic rings. The van der Waals surface area contributed by atoms with E-state index < -0.39 is 39.8 Å². The van der Waals surface area contributed by atoms with Crippen LogP contribution in [0.4, 0.5) is 17.6 Å². The van der Waals surface area contributed by atoms with Gasteiger partial charge in [0.2, 0.25) is 21.8 Å². The molecular weight excluding hydrogens is 540 g/mol. The van der Waals surface area contributed by atoms with Gasteiger partial charge in [-0.05, 0) is 61.9 Å². The molecule has 1 atom stereocenters. The van der Waals surface area contributed by atoms with Crippen LogP contribution >= 0.6 is 0 Å². The average molecular weight is 563 g/mol. The lowest BCUT2D eigenvalue weighted by Crippen LogP contribution is -2.46. The average Bonchev–Trinajstić information content (AvgIpc) is 3.56. The minimum atomic E-state index is -4.67. The fraction of sp³-hybridized carbons (Fsp3) is 0.400. The Hall–Kier alpha value is -3.52. The quantitative estimate of drug-likeness (QED) is 0.439. The second-order valence-electron chi connectivity index (χ2n) is 10.0. The normalized spacial score (nSPS) is 22.9. The Morgan fingerprint density at radius 2 is 1.72 bits per heavy atom. The summed E-state index contributed by atoms with van der Waals surface area (Å²) in [6.45, 7) is -0.0338. The third-order valence-electron chi connectivity index (χ3n) is 7.27. The van der Waals surface area contributed by atoms with E-state index >= 15 is 0 Å². The molecule has 2 bridgehead atoms. The van der Waals surface area contributed by atoms with Gasteiger partial charge in [0.15, 0.2) is 0 Å². The molecule has 0 spiro atoms. The van der Waals surface area contributed by atoms with Gasteiger partial charge in [0, 0.05) is 29.9 Å². The highest BCUT2D eigenvalue weighted by Gasteiger charge is 2.58. The summed E-state index contributed by atoms with van der Waals surface area (Å²) < 4.78 is 79.8. The Labute approximate surface area is 220 Å². The first-order chi connectivity index (χ1) is 18.5. The minimum Gasteiger partial charge on any atom is -0.349 e. The summed E-state index contributed by atoms with van der Waals surface area (Å²) in [5, 5.41) is 2.78. The number of nitrogens with zero attached hydrogens (tertiary/aromatic N) is 5. The predicted octanol–water partition coefficient (Wildman–Crippen LogP) is 3.44. The van der Waals surface area contributed by atoms with Gasteiger partial charge >= 0.3 is 6.18 Å². The van der Waals surface area contributed by atoms with E-state index in [-0.39, 0.29) is 34.9 Å². The first kappa shape index (κ1) is 25.7. The van der Waals surface area contributed by atoms with Crippen LogP contribution in [-0.4, -0.2) is 50.6 Å². The summed E-state index contributed by atoms with van der Waals surface area (Å²) >= 11 is 0. The van der Waals surface area contributed by atoms with E-state index in [0.717, 1.165) is 37.4 Å². The first-order valence-electron chi connectivity index (χ1n) is 12.3. The molecule has 1 aromatic carbocycles. The van der Waals surface area contributed by atoms with Crippen LogP contribution in [-0.2, 0) is 27.5 Å². The number of amides is 1. The zero-order chi connectivity index (χ0) is 27.5. The molecule has 1 amide bonds. The van der Waals surface area contributed by atoms with Crippen molar-refractivity contribution < 1.29 is 30.8 Å². The summed E-state index contributed by atoms with van der Waals surface area (Å²) in [5.74, 6) is -1.79. The van der Waals surface area contributed by atoms with Crippen molar-refractivity contribution in [3.63, 3.8) is 0 Å². The second-order valence-corrected chi connectivity index (χ2v) is 11.9. The fourth-order valence-electron chi connectivity index (χ4n) is 5.10. The summed E-state index contributed by atoms with van der Waals surface area (Å²) in [4.78, 5) is 29.0. The predicted molar refractivity (Wildman–Crippen MR) is 128 cm³/mol. The van der Waals surface area contributed by atoms with Gasteiger partial charge < -0.3 is 5.32 Å². The van der Waals surface area contributed by atoms with Gasteiger partial charge in [-0.15, -0.1) is 0 Å². The molecule has 14 heteroatoms. The maximum absolute atomic E-state index is 13.4. The number of hydrogen-bond acceptors (Lipinski definition) is 7. The molecule has 204 valence electrons. The van der Waals surface area contributed by atoms with E-state index in [4.69, 9.17) is 0 Å². The van der Waals surface area contributed by atoms with Crippen molar-refractivity contribution in [2.45, 2.75) is 61.3 Å². The van der Waals surface area contributed by atoms with E-state index in [1.54, 1.807) is 6.07 Å². The molecule has 4 fully saturated rings. The van der Waals surface area contributed by atoms with Gasteiger partial charge in [0.25, 0.3) is 0 Å². The topological polar surface area (TPSA) is 118 Å². The number of alkyl halides is 3. The van der Waals surface area contributed by atoms with Crippen molar-refractivity contribution in [3.05, 3.63) is 65.9 Å². The Morgan fingerprint density at radius 1 is 1.05 bits per heavy atom. The molecule has 39 heavy (non-hydrogen) atoms. The van der Waals surface area contributed by atoms with Crippen molar-refractivity contribution in [2.24, 2.45) is 5.92 Å². The van der Waals surface area contributed by atoms with Crippen LogP contribution in [0.5, 0.6) is 0 Å². The number of halogens is 4. The lowest BCUT2D eigenvalue weighted by Gasteiger charge is -2.25. The summed E-state index contributed by atoms with van der Waals surface area (Å²) in [6.07, 6.45) is 0.298. The highest BCUT2D eigenvalue weighted by atomic mass is 32.2. The summed E-state index contributed by atoms with van der Waals surface area (Å²) in [7, 11) is -4.02. The van der Waals surface area contributed by atoms with Crippen molar-refractivity contribution >= 4 is 15.9 Å². The largest absolute Gasteiger partial charge is 0.451 e. The van der Waals surface area contributed by atoms with Crippen molar-refractivity contribution in [2.75, 3.05) is 0 Å². The number of sulfonamides is 1. The molecule has 2 saturated heterocycles. The highest BCUT2D eigenvalue weighted by molar-refractivity contribution is 7.89. The van der Waals surface area contributed by atoms with Gasteiger partial charge in [0.05, 0.1) is 22.8 Å². The number of rotatable bonds is 7. The molecule has 2 aromatic heterocycles. The van der Waals surface area contributed by atoms with E-state index in [0.29, 0.717) is 30.1 Å². The van der Waals surface area contributed by atoms with Gasteiger partial charge in [-0.1, -0.05) is 0 Å². The highest BCUT2D eigenvalue weighted by Crippen LogP contribution is 2.48. The zero-order valence-electron chi connectivity index (χ0n) is 20.3. The molecule has 2 aliphatic heterocycles. The van der Waals surface area contributed by atoms with Crippen LogP contribution < -0.4 is 5.32 Å². The van der Waals surface area contributed by atoms with E-state index in [1.807, 2.05) is 0 Å². The standard InChI is InChI=1S/C25H22F4N6O3S/c26-16-3-5-19(6-4-16)39(37,38)35-18-7-14(8-18)21(35)23(36)30-12-17-9-20(34-22(33-17)13-1-2-13)15-10-31-24(32-11-15)25(27,28)29/h3-6,9-11,13-14,18,21H,1-2,7-8,12H2,(H,30,36)/t14?,18?,21-/m0/s1. The summed E-state index contributed by atoms with van der Waals surface area (Å²) in [5.41, 5.74) is 1.02. The van der Waals surface area contributed by atoms with Crippen LogP contribution in [0.1, 0.15) is 48.9 Å². The number of carbonyl (C=O) groups is 1. The van der Waals surface area contributed by atoms with Crippen LogP contribution in [0, 0.1) is 11.7 Å². The van der Waals surface area contributed by atoms with Gasteiger partial charge in [-0.2, -0.15) is 17.5 Å². The Balaban J connectivity index is 1.22. The van der Waals surface area contributed by atoms with Crippen molar-refractivity contribution in [1.82, 2.24) is 29.6 Å². The molecule has 2 saturated carbocycles. The van der Waals surface area contributed by atoms with E-state index in [9.17, 15) is 30.8 Å². The molecule has 2 aliphatic carbocycles. The zero-order valence-corrected chi connectivity index (χ0v) is 21.1.